The molecule has 0 radical (unpaired) electrons. The Bertz CT molecular complexity index is 742. The number of carbonyl (C=O) groups excluding carboxylic acids is 1. The third-order valence-electron chi connectivity index (χ3n) is 3.66. The molecule has 0 aliphatic heterocycles. The molecule has 2 N–H and O–H groups in total. The number of benzene rings is 1. The highest BCUT2D eigenvalue weighted by molar-refractivity contribution is 5.89. The number of hydrogen-bond donors (Lipinski definition) is 1. The lowest BCUT2D eigenvalue weighted by Crippen LogP contribution is -2.04. The topological polar surface area (TPSA) is 90.3 Å². The molecule has 1 heterocycles. The fraction of sp³-hybridized carbons (Fsp3) is 0.333. The van der Waals surface area contributed by atoms with Crippen molar-refractivity contribution in [1.29, 1.82) is 5.26 Å². The van der Waals surface area contributed by atoms with Crippen molar-refractivity contribution in [2.24, 2.45) is 0 Å². The van der Waals surface area contributed by atoms with Gasteiger partial charge in [-0.15, -0.1) is 0 Å². The number of hydrogen-bond acceptors (Lipinski definition) is 5. The van der Waals surface area contributed by atoms with E-state index < -0.39 is 5.97 Å². The summed E-state index contributed by atoms with van der Waals surface area (Å²) in [5.74, 6) is 0.581. The highest BCUT2D eigenvalue weighted by Crippen LogP contribution is 2.31. The Kier molecular flexibility index (Phi) is 5.85. The van der Waals surface area contributed by atoms with Gasteiger partial charge in [0.2, 0.25) is 5.88 Å². The van der Waals surface area contributed by atoms with Crippen molar-refractivity contribution >= 4 is 11.7 Å². The first-order chi connectivity index (χ1) is 11.6. The Labute approximate surface area is 141 Å². The Morgan fingerprint density at radius 1 is 1.29 bits per heavy atom. The van der Waals surface area contributed by atoms with E-state index in [9.17, 15) is 10.1 Å². The molecule has 1 aromatic heterocycles. The Balaban J connectivity index is 2.23. The van der Waals surface area contributed by atoms with Crippen LogP contribution in [0.15, 0.2) is 30.3 Å². The first-order valence-electron chi connectivity index (χ1n) is 7.86. The summed E-state index contributed by atoms with van der Waals surface area (Å²) >= 11 is 0. The molecule has 6 heteroatoms. The normalized spacial score (nSPS) is 10.2. The van der Waals surface area contributed by atoms with Crippen LogP contribution in [-0.2, 0) is 11.3 Å². The number of aromatic nitrogens is 1. The first-order valence-corrected chi connectivity index (χ1v) is 7.86. The van der Waals surface area contributed by atoms with Gasteiger partial charge in [-0.05, 0) is 30.7 Å². The zero-order valence-corrected chi connectivity index (χ0v) is 13.9. The predicted molar refractivity (Wildman–Crippen MR) is 90.9 cm³/mol. The van der Waals surface area contributed by atoms with E-state index >= 15 is 0 Å². The second-order valence-electron chi connectivity index (χ2n) is 5.38. The largest absolute Gasteiger partial charge is 0.465 e. The fourth-order valence-electron chi connectivity index (χ4n) is 2.39. The van der Waals surface area contributed by atoms with Crippen molar-refractivity contribution in [3.05, 3.63) is 41.6 Å². The molecular weight excluding hydrogens is 306 g/mol. The van der Waals surface area contributed by atoms with Crippen LogP contribution in [-0.4, -0.2) is 17.6 Å². The molecular formula is C18H21N3O3. The molecule has 6 nitrogen and oxygen atoms in total. The SMILES string of the molecule is CCCCCn1c(C#N)cc(N)c1Oc1ccc(C(=O)OC)cc1. The lowest BCUT2D eigenvalue weighted by atomic mass is 10.2. The second kappa shape index (κ2) is 8.06. The summed E-state index contributed by atoms with van der Waals surface area (Å²) in [6.45, 7) is 2.79. The number of nitrogen functional groups attached to an aromatic ring is 1. The quantitative estimate of drug-likeness (QED) is 0.618. The molecule has 0 amide bonds. The van der Waals surface area contributed by atoms with Gasteiger partial charge in [0.25, 0.3) is 0 Å². The number of carbonyl (C=O) groups is 1. The lowest BCUT2D eigenvalue weighted by Gasteiger charge is -2.12. The van der Waals surface area contributed by atoms with Gasteiger partial charge in [-0.1, -0.05) is 19.8 Å². The molecule has 0 fully saturated rings. The van der Waals surface area contributed by atoms with Gasteiger partial charge < -0.3 is 19.8 Å². The molecule has 0 spiro atoms. The standard InChI is InChI=1S/C18H21N3O3/c1-3-4-5-10-21-14(12-19)11-16(20)17(21)24-15-8-6-13(7-9-15)18(22)23-2/h6-9,11H,3-5,10,20H2,1-2H3. The van der Waals surface area contributed by atoms with E-state index in [-0.39, 0.29) is 0 Å². The average Bonchev–Trinajstić information content (AvgIpc) is 2.90. The Morgan fingerprint density at radius 2 is 2.00 bits per heavy atom. The van der Waals surface area contributed by atoms with E-state index in [2.05, 4.69) is 17.7 Å². The summed E-state index contributed by atoms with van der Waals surface area (Å²) < 4.78 is 12.3. The van der Waals surface area contributed by atoms with E-state index in [1.54, 1.807) is 34.9 Å². The number of nitrogens with zero attached hydrogens (tertiary/aromatic N) is 2. The maximum atomic E-state index is 11.5. The molecule has 0 atom stereocenters. The first kappa shape index (κ1) is 17.4. The predicted octanol–water partition coefficient (Wildman–Crippen LogP) is 3.71. The van der Waals surface area contributed by atoms with Crippen LogP contribution < -0.4 is 10.5 Å². The summed E-state index contributed by atoms with van der Waals surface area (Å²) in [5, 5.41) is 9.27. The van der Waals surface area contributed by atoms with Crippen LogP contribution in [0.2, 0.25) is 0 Å². The molecule has 0 bridgehead atoms. The van der Waals surface area contributed by atoms with Crippen molar-refractivity contribution in [2.45, 2.75) is 32.7 Å². The zero-order chi connectivity index (χ0) is 17.5. The summed E-state index contributed by atoms with van der Waals surface area (Å²) in [7, 11) is 1.33. The molecule has 0 saturated carbocycles. The van der Waals surface area contributed by atoms with Crippen molar-refractivity contribution < 1.29 is 14.3 Å². The van der Waals surface area contributed by atoms with Crippen LogP contribution in [0.25, 0.3) is 0 Å². The highest BCUT2D eigenvalue weighted by Gasteiger charge is 2.15. The van der Waals surface area contributed by atoms with Gasteiger partial charge >= 0.3 is 5.97 Å². The molecule has 0 aliphatic rings. The van der Waals surface area contributed by atoms with E-state index in [1.807, 2.05) is 0 Å². The smallest absolute Gasteiger partial charge is 0.337 e. The zero-order valence-electron chi connectivity index (χ0n) is 13.9. The van der Waals surface area contributed by atoms with Crippen LogP contribution in [0.4, 0.5) is 5.69 Å². The second-order valence-corrected chi connectivity index (χ2v) is 5.38. The minimum absolute atomic E-state index is 0.407. The summed E-state index contributed by atoms with van der Waals surface area (Å²) in [5.41, 5.74) is 7.33. The number of esters is 1. The van der Waals surface area contributed by atoms with E-state index in [1.165, 1.54) is 7.11 Å². The van der Waals surface area contributed by atoms with Crippen molar-refractivity contribution in [2.75, 3.05) is 12.8 Å². The number of ether oxygens (including phenoxy) is 2. The number of rotatable bonds is 7. The van der Waals surface area contributed by atoms with Gasteiger partial charge in [-0.25, -0.2) is 4.79 Å². The maximum Gasteiger partial charge on any atom is 0.337 e. The molecule has 1 aromatic carbocycles. The van der Waals surface area contributed by atoms with Gasteiger partial charge in [0.15, 0.2) is 0 Å². The number of nitriles is 1. The number of unbranched alkanes of at least 4 members (excludes halogenated alkanes) is 2. The fourth-order valence-corrected chi connectivity index (χ4v) is 2.39. The molecule has 24 heavy (non-hydrogen) atoms. The minimum atomic E-state index is -0.407. The summed E-state index contributed by atoms with van der Waals surface area (Å²) in [6, 6.07) is 10.3. The number of nitrogens with two attached hydrogens (primary N) is 1. The van der Waals surface area contributed by atoms with Gasteiger partial charge in [0, 0.05) is 12.6 Å². The third kappa shape index (κ3) is 3.87. The lowest BCUT2D eigenvalue weighted by molar-refractivity contribution is 0.0600. The highest BCUT2D eigenvalue weighted by atomic mass is 16.5. The van der Waals surface area contributed by atoms with Gasteiger partial charge in [-0.3, -0.25) is 0 Å². The van der Waals surface area contributed by atoms with E-state index in [0.29, 0.717) is 35.1 Å². The molecule has 0 saturated heterocycles. The molecule has 2 aromatic rings. The Morgan fingerprint density at radius 3 is 2.58 bits per heavy atom. The van der Waals surface area contributed by atoms with Crippen molar-refractivity contribution in [3.8, 4) is 17.7 Å². The van der Waals surface area contributed by atoms with Gasteiger partial charge in [0.1, 0.15) is 17.5 Å². The summed E-state index contributed by atoms with van der Waals surface area (Å²) in [4.78, 5) is 11.5. The number of anilines is 1. The number of methoxy groups -OCH3 is 1. The molecule has 0 unspecified atom stereocenters. The van der Waals surface area contributed by atoms with E-state index in [0.717, 1.165) is 19.3 Å². The minimum Gasteiger partial charge on any atom is -0.465 e. The monoisotopic (exact) mass is 327 g/mol. The molecule has 2 rings (SSSR count). The average molecular weight is 327 g/mol. The van der Waals surface area contributed by atoms with Gasteiger partial charge in [-0.2, -0.15) is 5.26 Å². The van der Waals surface area contributed by atoms with Crippen LogP contribution in [0, 0.1) is 11.3 Å². The third-order valence-corrected chi connectivity index (χ3v) is 3.66. The van der Waals surface area contributed by atoms with Crippen LogP contribution >= 0.6 is 0 Å². The summed E-state index contributed by atoms with van der Waals surface area (Å²) in [6.07, 6.45) is 3.09. The van der Waals surface area contributed by atoms with Crippen LogP contribution in [0.5, 0.6) is 11.6 Å². The van der Waals surface area contributed by atoms with Crippen molar-refractivity contribution in [3.63, 3.8) is 0 Å². The van der Waals surface area contributed by atoms with Gasteiger partial charge in [0.05, 0.1) is 18.4 Å². The van der Waals surface area contributed by atoms with Crippen LogP contribution in [0.3, 0.4) is 0 Å². The van der Waals surface area contributed by atoms with E-state index in [4.69, 9.17) is 10.5 Å². The van der Waals surface area contributed by atoms with Crippen molar-refractivity contribution in [1.82, 2.24) is 4.57 Å². The molecule has 126 valence electrons. The molecule has 0 aliphatic carbocycles. The Hall–Kier alpha value is -2.94. The maximum absolute atomic E-state index is 11.5. The van der Waals surface area contributed by atoms with Crippen LogP contribution in [0.1, 0.15) is 42.2 Å².